The molecule has 1 aromatic rings. The van der Waals surface area contributed by atoms with Gasteiger partial charge in [-0.25, -0.2) is 4.98 Å². The standard InChI is InChI=1S/C12H14BrN3S/c1-12(7-14,16-9-4-5-9)8-17-11-10(13)3-2-6-15-11/h2-3,6,9,16H,4-5,8H2,1H3. The highest BCUT2D eigenvalue weighted by Crippen LogP contribution is 2.29. The normalized spacial score (nSPS) is 18.4. The quantitative estimate of drug-likeness (QED) is 0.849. The number of thioether (sulfide) groups is 1. The first-order chi connectivity index (χ1) is 8.13. The minimum Gasteiger partial charge on any atom is -0.296 e. The maximum atomic E-state index is 9.25. The van der Waals surface area contributed by atoms with Crippen LogP contribution in [-0.2, 0) is 0 Å². The Morgan fingerprint density at radius 2 is 2.47 bits per heavy atom. The predicted molar refractivity (Wildman–Crippen MR) is 72.8 cm³/mol. The molecule has 0 radical (unpaired) electrons. The summed E-state index contributed by atoms with van der Waals surface area (Å²) in [6.07, 6.45) is 4.15. The fourth-order valence-corrected chi connectivity index (χ4v) is 2.99. The molecule has 3 nitrogen and oxygen atoms in total. The van der Waals surface area contributed by atoms with Gasteiger partial charge in [0.15, 0.2) is 0 Å². The Hall–Kier alpha value is -0.570. The smallest absolute Gasteiger partial charge is 0.113 e. The second-order valence-corrected chi connectivity index (χ2v) is 6.26. The molecule has 1 atom stereocenters. The lowest BCUT2D eigenvalue weighted by atomic mass is 10.1. The van der Waals surface area contributed by atoms with Crippen LogP contribution in [-0.4, -0.2) is 22.3 Å². The Labute approximate surface area is 114 Å². The van der Waals surface area contributed by atoms with Gasteiger partial charge in [-0.15, -0.1) is 11.8 Å². The lowest BCUT2D eigenvalue weighted by molar-refractivity contribution is 0.490. The minimum absolute atomic E-state index is 0.469. The molecule has 1 aliphatic carbocycles. The highest BCUT2D eigenvalue weighted by Gasteiger charge is 2.32. The van der Waals surface area contributed by atoms with Crippen molar-refractivity contribution in [2.75, 3.05) is 5.75 Å². The van der Waals surface area contributed by atoms with Crippen LogP contribution in [0.15, 0.2) is 27.8 Å². The van der Waals surface area contributed by atoms with Crippen LogP contribution in [0.4, 0.5) is 0 Å². The van der Waals surface area contributed by atoms with E-state index < -0.39 is 5.54 Å². The number of hydrogen-bond acceptors (Lipinski definition) is 4. The van der Waals surface area contributed by atoms with Gasteiger partial charge < -0.3 is 0 Å². The van der Waals surface area contributed by atoms with Crippen LogP contribution in [0.2, 0.25) is 0 Å². The zero-order chi connectivity index (χ0) is 12.3. The molecule has 17 heavy (non-hydrogen) atoms. The number of rotatable bonds is 5. The van der Waals surface area contributed by atoms with Gasteiger partial charge in [0.05, 0.1) is 6.07 Å². The fraction of sp³-hybridized carbons (Fsp3) is 0.500. The highest BCUT2D eigenvalue weighted by molar-refractivity contribution is 9.10. The van der Waals surface area contributed by atoms with Crippen LogP contribution in [0, 0.1) is 11.3 Å². The monoisotopic (exact) mass is 311 g/mol. The van der Waals surface area contributed by atoms with E-state index in [2.05, 4.69) is 32.3 Å². The zero-order valence-electron chi connectivity index (χ0n) is 9.61. The average molecular weight is 312 g/mol. The summed E-state index contributed by atoms with van der Waals surface area (Å²) in [6.45, 7) is 1.95. The summed E-state index contributed by atoms with van der Waals surface area (Å²) < 4.78 is 0.983. The van der Waals surface area contributed by atoms with E-state index in [4.69, 9.17) is 0 Å². The summed E-state index contributed by atoms with van der Waals surface area (Å²) in [6, 6.07) is 6.75. The molecule has 0 spiro atoms. The maximum Gasteiger partial charge on any atom is 0.113 e. The fourth-order valence-electron chi connectivity index (χ4n) is 1.47. The molecule has 0 amide bonds. The summed E-state index contributed by atoms with van der Waals surface area (Å²) in [5.41, 5.74) is -0.469. The lowest BCUT2D eigenvalue weighted by Crippen LogP contribution is -2.44. The minimum atomic E-state index is -0.469. The summed E-state index contributed by atoms with van der Waals surface area (Å²) in [5.74, 6) is 0.704. The molecule has 1 aliphatic rings. The van der Waals surface area contributed by atoms with Crippen LogP contribution in [0.5, 0.6) is 0 Å². The molecule has 1 aromatic heterocycles. The molecule has 0 aliphatic heterocycles. The third-order valence-electron chi connectivity index (χ3n) is 2.57. The van der Waals surface area contributed by atoms with E-state index in [-0.39, 0.29) is 0 Å². The van der Waals surface area contributed by atoms with Crippen molar-refractivity contribution in [3.63, 3.8) is 0 Å². The number of pyridine rings is 1. The Kier molecular flexibility index (Phi) is 4.08. The van der Waals surface area contributed by atoms with Gasteiger partial charge >= 0.3 is 0 Å². The summed E-state index contributed by atoms with van der Waals surface area (Å²) in [7, 11) is 0. The van der Waals surface area contributed by atoms with E-state index in [1.54, 1.807) is 18.0 Å². The largest absolute Gasteiger partial charge is 0.296 e. The molecule has 0 saturated heterocycles. The summed E-state index contributed by atoms with van der Waals surface area (Å²) in [4.78, 5) is 4.29. The summed E-state index contributed by atoms with van der Waals surface area (Å²) in [5, 5.41) is 13.6. The van der Waals surface area contributed by atoms with E-state index in [0.29, 0.717) is 11.8 Å². The second-order valence-electron chi connectivity index (χ2n) is 4.44. The SMILES string of the molecule is CC(C#N)(CSc1ncccc1Br)NC1CC1. The first kappa shape index (κ1) is 12.9. The summed E-state index contributed by atoms with van der Waals surface area (Å²) >= 11 is 5.07. The number of nitrogens with zero attached hydrogens (tertiary/aromatic N) is 2. The van der Waals surface area contributed by atoms with Gasteiger partial charge in [0.2, 0.25) is 0 Å². The van der Waals surface area contributed by atoms with E-state index in [1.165, 1.54) is 12.8 Å². The number of halogens is 1. The van der Waals surface area contributed by atoms with Crippen molar-refractivity contribution in [3.05, 3.63) is 22.8 Å². The van der Waals surface area contributed by atoms with Gasteiger partial charge in [0, 0.05) is 22.5 Å². The van der Waals surface area contributed by atoms with E-state index in [1.807, 2.05) is 19.1 Å². The van der Waals surface area contributed by atoms with E-state index >= 15 is 0 Å². The van der Waals surface area contributed by atoms with Crippen LogP contribution in [0.25, 0.3) is 0 Å². The number of hydrogen-bond donors (Lipinski definition) is 1. The molecule has 1 unspecified atom stereocenters. The molecular formula is C12H14BrN3S. The van der Waals surface area contributed by atoms with Crippen LogP contribution >= 0.6 is 27.7 Å². The van der Waals surface area contributed by atoms with Crippen molar-refractivity contribution in [1.82, 2.24) is 10.3 Å². The van der Waals surface area contributed by atoms with Crippen LogP contribution in [0.3, 0.4) is 0 Å². The van der Waals surface area contributed by atoms with Crippen LogP contribution < -0.4 is 5.32 Å². The van der Waals surface area contributed by atoms with Crippen molar-refractivity contribution in [2.45, 2.75) is 36.4 Å². The Morgan fingerprint density at radius 1 is 1.71 bits per heavy atom. The number of nitrogens with one attached hydrogen (secondary N) is 1. The van der Waals surface area contributed by atoms with Gasteiger partial charge in [0.1, 0.15) is 10.6 Å². The molecule has 90 valence electrons. The topological polar surface area (TPSA) is 48.7 Å². The van der Waals surface area contributed by atoms with Gasteiger partial charge in [0.25, 0.3) is 0 Å². The Bertz CT molecular complexity index is 442. The molecule has 1 N–H and O–H groups in total. The first-order valence-electron chi connectivity index (χ1n) is 5.55. The third-order valence-corrected chi connectivity index (χ3v) is 4.79. The molecule has 0 aromatic carbocycles. The van der Waals surface area contributed by atoms with Crippen molar-refractivity contribution in [1.29, 1.82) is 5.26 Å². The van der Waals surface area contributed by atoms with Crippen molar-refractivity contribution in [2.24, 2.45) is 0 Å². The Morgan fingerprint density at radius 3 is 3.06 bits per heavy atom. The molecule has 1 saturated carbocycles. The average Bonchev–Trinajstić information content (AvgIpc) is 3.12. The molecule has 2 rings (SSSR count). The van der Waals surface area contributed by atoms with Gasteiger partial charge in [-0.2, -0.15) is 5.26 Å². The lowest BCUT2D eigenvalue weighted by Gasteiger charge is -2.22. The second kappa shape index (κ2) is 5.38. The van der Waals surface area contributed by atoms with Crippen molar-refractivity contribution >= 4 is 27.7 Å². The first-order valence-corrected chi connectivity index (χ1v) is 7.33. The molecule has 0 bridgehead atoms. The molecule has 1 heterocycles. The number of nitriles is 1. The van der Waals surface area contributed by atoms with E-state index in [9.17, 15) is 5.26 Å². The number of aromatic nitrogens is 1. The highest BCUT2D eigenvalue weighted by atomic mass is 79.9. The third kappa shape index (κ3) is 3.70. The van der Waals surface area contributed by atoms with Gasteiger partial charge in [-0.1, -0.05) is 0 Å². The van der Waals surface area contributed by atoms with Gasteiger partial charge in [-0.05, 0) is 47.8 Å². The predicted octanol–water partition coefficient (Wildman–Crippen LogP) is 2.97. The Balaban J connectivity index is 1.96. The van der Waals surface area contributed by atoms with Crippen LogP contribution in [0.1, 0.15) is 19.8 Å². The van der Waals surface area contributed by atoms with Crippen molar-refractivity contribution < 1.29 is 0 Å². The molecule has 5 heteroatoms. The molecule has 1 fully saturated rings. The van der Waals surface area contributed by atoms with Gasteiger partial charge in [-0.3, -0.25) is 5.32 Å². The molecular weight excluding hydrogens is 298 g/mol. The van der Waals surface area contributed by atoms with Crippen molar-refractivity contribution in [3.8, 4) is 6.07 Å². The van der Waals surface area contributed by atoms with E-state index in [0.717, 1.165) is 9.50 Å². The maximum absolute atomic E-state index is 9.25. The zero-order valence-corrected chi connectivity index (χ0v) is 12.0.